The first-order chi connectivity index (χ1) is 15.1. The van der Waals surface area contributed by atoms with Crippen LogP contribution in [0.3, 0.4) is 0 Å². The highest BCUT2D eigenvalue weighted by Crippen LogP contribution is 2.19. The smallest absolute Gasteiger partial charge is 0.255 e. The molecule has 0 unspecified atom stereocenters. The molecule has 0 spiro atoms. The molecule has 0 bridgehead atoms. The van der Waals surface area contributed by atoms with Crippen LogP contribution in [0.2, 0.25) is 5.02 Å². The predicted molar refractivity (Wildman–Crippen MR) is 120 cm³/mol. The quantitative estimate of drug-likeness (QED) is 0.731. The Morgan fingerprint density at radius 2 is 1.55 bits per heavy atom. The summed E-state index contributed by atoms with van der Waals surface area (Å²) in [4.78, 5) is 32.0. The van der Waals surface area contributed by atoms with Crippen LogP contribution in [0, 0.1) is 0 Å². The Balaban J connectivity index is 1.39. The topological polar surface area (TPSA) is 53.1 Å². The van der Waals surface area contributed by atoms with E-state index in [4.69, 9.17) is 16.3 Å². The van der Waals surface area contributed by atoms with E-state index in [1.807, 2.05) is 35.2 Å². The lowest BCUT2D eigenvalue weighted by Crippen LogP contribution is -2.37. The first kappa shape index (κ1) is 21.8. The Labute approximate surface area is 188 Å². The molecule has 0 atom stereocenters. The molecule has 7 heteroatoms. The van der Waals surface area contributed by atoms with Crippen LogP contribution in [-0.2, 0) is 11.3 Å². The molecule has 6 nitrogen and oxygen atoms in total. The van der Waals surface area contributed by atoms with Crippen LogP contribution >= 0.6 is 11.6 Å². The second-order valence-corrected chi connectivity index (χ2v) is 8.41. The summed E-state index contributed by atoms with van der Waals surface area (Å²) in [5.41, 5.74) is 2.36. The highest BCUT2D eigenvalue weighted by Gasteiger charge is 2.24. The van der Waals surface area contributed by atoms with Gasteiger partial charge in [0.25, 0.3) is 11.8 Å². The number of halogens is 1. The van der Waals surface area contributed by atoms with E-state index in [0.717, 1.165) is 44.8 Å². The van der Waals surface area contributed by atoms with Crippen molar-refractivity contribution in [1.82, 2.24) is 14.7 Å². The minimum Gasteiger partial charge on any atom is -0.379 e. The first-order valence-electron chi connectivity index (χ1n) is 10.8. The molecule has 2 aromatic carbocycles. The van der Waals surface area contributed by atoms with Crippen molar-refractivity contribution < 1.29 is 14.3 Å². The van der Waals surface area contributed by atoms with Crippen molar-refractivity contribution >= 4 is 23.4 Å². The third-order valence-electron chi connectivity index (χ3n) is 5.86. The van der Waals surface area contributed by atoms with Crippen LogP contribution in [0.1, 0.15) is 32.7 Å². The van der Waals surface area contributed by atoms with Crippen molar-refractivity contribution in [3.63, 3.8) is 0 Å². The second-order valence-electron chi connectivity index (χ2n) is 8.01. The first-order valence-corrected chi connectivity index (χ1v) is 11.2. The van der Waals surface area contributed by atoms with Gasteiger partial charge in [-0.3, -0.25) is 14.5 Å². The maximum atomic E-state index is 13.2. The zero-order valence-corrected chi connectivity index (χ0v) is 18.4. The Bertz CT molecular complexity index is 930. The van der Waals surface area contributed by atoms with Crippen molar-refractivity contribution in [3.8, 4) is 0 Å². The minimum atomic E-state index is -0.0765. The van der Waals surface area contributed by atoms with Crippen molar-refractivity contribution in [2.75, 3.05) is 52.5 Å². The Kier molecular flexibility index (Phi) is 7.22. The molecule has 0 aromatic heterocycles. The van der Waals surface area contributed by atoms with Crippen LogP contribution in [0.4, 0.5) is 0 Å². The number of amides is 2. The fraction of sp³-hybridized carbons (Fsp3) is 0.417. The average Bonchev–Trinajstić information content (AvgIpc) is 3.06. The summed E-state index contributed by atoms with van der Waals surface area (Å²) in [6, 6.07) is 15.0. The zero-order valence-electron chi connectivity index (χ0n) is 17.6. The van der Waals surface area contributed by atoms with Gasteiger partial charge in [-0.05, 0) is 36.2 Å². The summed E-state index contributed by atoms with van der Waals surface area (Å²) in [6.45, 7) is 6.45. The van der Waals surface area contributed by atoms with Crippen LogP contribution in [0.15, 0.2) is 48.5 Å². The van der Waals surface area contributed by atoms with E-state index in [-0.39, 0.29) is 11.8 Å². The van der Waals surface area contributed by atoms with Crippen molar-refractivity contribution in [3.05, 3.63) is 70.2 Å². The summed E-state index contributed by atoms with van der Waals surface area (Å²) in [5.74, 6) is -0.0525. The molecule has 31 heavy (non-hydrogen) atoms. The van der Waals surface area contributed by atoms with E-state index >= 15 is 0 Å². The monoisotopic (exact) mass is 441 g/mol. The highest BCUT2D eigenvalue weighted by molar-refractivity contribution is 6.33. The normalized spacial score (nSPS) is 18.0. The lowest BCUT2D eigenvalue weighted by Gasteiger charge is -2.27. The molecule has 0 saturated carbocycles. The molecule has 4 rings (SSSR count). The van der Waals surface area contributed by atoms with E-state index in [9.17, 15) is 9.59 Å². The number of hydrogen-bond donors (Lipinski definition) is 0. The Morgan fingerprint density at radius 3 is 2.29 bits per heavy atom. The molecular weight excluding hydrogens is 414 g/mol. The van der Waals surface area contributed by atoms with Gasteiger partial charge in [0.1, 0.15) is 0 Å². The molecule has 2 saturated heterocycles. The number of nitrogens with zero attached hydrogens (tertiary/aromatic N) is 3. The predicted octanol–water partition coefficient (Wildman–Crippen LogP) is 3.16. The molecule has 164 valence electrons. The maximum Gasteiger partial charge on any atom is 0.255 e. The van der Waals surface area contributed by atoms with Gasteiger partial charge < -0.3 is 14.5 Å². The summed E-state index contributed by atoms with van der Waals surface area (Å²) in [5, 5.41) is 0.460. The molecule has 2 aliphatic rings. The molecule has 2 amide bonds. The van der Waals surface area contributed by atoms with Gasteiger partial charge in [0.2, 0.25) is 0 Å². The molecule has 2 aromatic rings. The second kappa shape index (κ2) is 10.3. The molecular formula is C24H28ClN3O3. The van der Waals surface area contributed by atoms with Gasteiger partial charge in [0.15, 0.2) is 0 Å². The van der Waals surface area contributed by atoms with Gasteiger partial charge in [0, 0.05) is 51.4 Å². The third-order valence-corrected chi connectivity index (χ3v) is 6.19. The number of morpholine rings is 1. The lowest BCUT2D eigenvalue weighted by molar-refractivity contribution is 0.0341. The summed E-state index contributed by atoms with van der Waals surface area (Å²) in [6.07, 6.45) is 0.745. The highest BCUT2D eigenvalue weighted by atomic mass is 35.5. The van der Waals surface area contributed by atoms with Crippen LogP contribution in [0.5, 0.6) is 0 Å². The van der Waals surface area contributed by atoms with Gasteiger partial charge >= 0.3 is 0 Å². The molecule has 0 radical (unpaired) electrons. The van der Waals surface area contributed by atoms with Gasteiger partial charge in [-0.2, -0.15) is 0 Å². The largest absolute Gasteiger partial charge is 0.379 e. The Hall–Kier alpha value is -2.41. The third kappa shape index (κ3) is 5.45. The molecule has 0 N–H and O–H groups in total. The molecule has 2 aliphatic heterocycles. The van der Waals surface area contributed by atoms with Gasteiger partial charge in [-0.15, -0.1) is 0 Å². The fourth-order valence-corrected chi connectivity index (χ4v) is 4.35. The number of carbonyl (C=O) groups is 2. The number of carbonyl (C=O) groups excluding carboxylic acids is 2. The molecule has 2 fully saturated rings. The van der Waals surface area contributed by atoms with E-state index in [2.05, 4.69) is 11.0 Å². The summed E-state index contributed by atoms with van der Waals surface area (Å²) in [7, 11) is 0. The number of rotatable bonds is 4. The van der Waals surface area contributed by atoms with Crippen LogP contribution in [0.25, 0.3) is 0 Å². The van der Waals surface area contributed by atoms with Crippen LogP contribution in [-0.4, -0.2) is 79.0 Å². The van der Waals surface area contributed by atoms with E-state index in [1.165, 1.54) is 0 Å². The molecule has 2 heterocycles. The van der Waals surface area contributed by atoms with E-state index in [1.54, 1.807) is 17.0 Å². The zero-order chi connectivity index (χ0) is 21.6. The number of hydrogen-bond acceptors (Lipinski definition) is 4. The average molecular weight is 442 g/mol. The fourth-order valence-electron chi connectivity index (χ4n) is 4.13. The number of ether oxygens (including phenoxy) is 1. The maximum absolute atomic E-state index is 13.2. The Morgan fingerprint density at radius 1 is 0.839 bits per heavy atom. The van der Waals surface area contributed by atoms with Crippen molar-refractivity contribution in [2.45, 2.75) is 13.0 Å². The van der Waals surface area contributed by atoms with Crippen LogP contribution < -0.4 is 0 Å². The number of benzene rings is 2. The minimum absolute atomic E-state index is 0.0240. The summed E-state index contributed by atoms with van der Waals surface area (Å²) < 4.78 is 5.41. The van der Waals surface area contributed by atoms with Gasteiger partial charge in [-0.25, -0.2) is 0 Å². The van der Waals surface area contributed by atoms with Crippen molar-refractivity contribution in [2.24, 2.45) is 0 Å². The van der Waals surface area contributed by atoms with Gasteiger partial charge in [0.05, 0.1) is 23.8 Å². The van der Waals surface area contributed by atoms with E-state index in [0.29, 0.717) is 42.3 Å². The summed E-state index contributed by atoms with van der Waals surface area (Å²) >= 11 is 6.20. The molecule has 0 aliphatic carbocycles. The SMILES string of the molecule is O=C(c1cccc(CN2CCOCC2)c1)N1CCCN(C(=O)c2ccccc2Cl)CC1. The van der Waals surface area contributed by atoms with E-state index < -0.39 is 0 Å². The standard InChI is InChI=1S/C24H28ClN3O3/c25-22-8-2-1-7-21(22)24(30)28-10-4-9-27(11-12-28)23(29)20-6-3-5-19(17-20)18-26-13-15-31-16-14-26/h1-3,5-8,17H,4,9-16,18H2. The van der Waals surface area contributed by atoms with Gasteiger partial charge in [-0.1, -0.05) is 35.9 Å². The van der Waals surface area contributed by atoms with Crippen molar-refractivity contribution in [1.29, 1.82) is 0 Å². The lowest BCUT2D eigenvalue weighted by atomic mass is 10.1.